The number of benzene rings is 1. The van der Waals surface area contributed by atoms with Crippen LogP contribution in [0.25, 0.3) is 0 Å². The summed E-state index contributed by atoms with van der Waals surface area (Å²) in [5.41, 5.74) is 5.38. The Labute approximate surface area is 86.3 Å². The molecular formula is C14H18. The number of hydrogen-bond donors (Lipinski definition) is 0. The maximum Gasteiger partial charge on any atom is -0.00411 e. The third-order valence-corrected chi connectivity index (χ3v) is 4.27. The maximum atomic E-state index is 2.41. The van der Waals surface area contributed by atoms with Gasteiger partial charge in [0.25, 0.3) is 0 Å². The summed E-state index contributed by atoms with van der Waals surface area (Å²) >= 11 is 0. The molecule has 0 radical (unpaired) electrons. The molecule has 2 aliphatic rings. The fourth-order valence-electron chi connectivity index (χ4n) is 3.53. The number of aryl methyl sites for hydroxylation is 2. The fraction of sp³-hybridized carbons (Fsp3) is 0.571. The Hall–Kier alpha value is -0.780. The second kappa shape index (κ2) is 2.85. The molecule has 1 aromatic carbocycles. The minimum atomic E-state index is 0.614. The predicted octanol–water partition coefficient (Wildman–Crippen LogP) is 3.75. The van der Waals surface area contributed by atoms with Gasteiger partial charge in [-0.3, -0.25) is 0 Å². The van der Waals surface area contributed by atoms with Crippen molar-refractivity contribution < 1.29 is 0 Å². The standard InChI is InChI=1S/C14H18/c1-11-4-5-13-12(10-11)6-9-14(13)7-2-3-8-14/h4-5,10H,2-3,6-9H2,1H3. The smallest absolute Gasteiger partial charge is 0.00411 e. The number of hydrogen-bond acceptors (Lipinski definition) is 0. The maximum absolute atomic E-state index is 2.41. The molecule has 0 heteroatoms. The Morgan fingerprint density at radius 1 is 1.07 bits per heavy atom. The molecule has 0 saturated heterocycles. The van der Waals surface area contributed by atoms with E-state index in [1.54, 1.807) is 11.1 Å². The van der Waals surface area contributed by atoms with E-state index in [9.17, 15) is 0 Å². The zero-order chi connectivity index (χ0) is 9.60. The molecule has 0 unspecified atom stereocenters. The third kappa shape index (κ3) is 1.06. The summed E-state index contributed by atoms with van der Waals surface area (Å²) in [4.78, 5) is 0. The van der Waals surface area contributed by atoms with Crippen molar-refractivity contribution >= 4 is 0 Å². The minimum Gasteiger partial charge on any atom is -0.0590 e. The van der Waals surface area contributed by atoms with Gasteiger partial charge in [0, 0.05) is 0 Å². The van der Waals surface area contributed by atoms with E-state index < -0.39 is 0 Å². The lowest BCUT2D eigenvalue weighted by molar-refractivity contribution is 0.439. The minimum absolute atomic E-state index is 0.614. The monoisotopic (exact) mass is 186 g/mol. The van der Waals surface area contributed by atoms with Crippen LogP contribution in [0.15, 0.2) is 18.2 Å². The van der Waals surface area contributed by atoms with Crippen molar-refractivity contribution in [1.29, 1.82) is 0 Å². The molecule has 0 atom stereocenters. The first kappa shape index (κ1) is 8.52. The molecule has 1 saturated carbocycles. The van der Waals surface area contributed by atoms with Crippen molar-refractivity contribution in [2.45, 2.75) is 50.9 Å². The molecule has 74 valence electrons. The van der Waals surface area contributed by atoms with Crippen molar-refractivity contribution in [3.8, 4) is 0 Å². The molecule has 0 heterocycles. The van der Waals surface area contributed by atoms with Gasteiger partial charge in [-0.1, -0.05) is 36.6 Å². The molecule has 1 aromatic rings. The molecule has 14 heavy (non-hydrogen) atoms. The molecule has 1 spiro atoms. The van der Waals surface area contributed by atoms with Gasteiger partial charge in [-0.2, -0.15) is 0 Å². The van der Waals surface area contributed by atoms with Crippen molar-refractivity contribution in [3.63, 3.8) is 0 Å². The molecule has 0 aromatic heterocycles. The predicted molar refractivity (Wildman–Crippen MR) is 59.6 cm³/mol. The average molecular weight is 186 g/mol. The normalized spacial score (nSPS) is 22.9. The van der Waals surface area contributed by atoms with Crippen LogP contribution in [0.4, 0.5) is 0 Å². The van der Waals surface area contributed by atoms with Crippen LogP contribution in [0.2, 0.25) is 0 Å². The fourth-order valence-corrected chi connectivity index (χ4v) is 3.53. The quantitative estimate of drug-likeness (QED) is 0.579. The van der Waals surface area contributed by atoms with Crippen LogP contribution < -0.4 is 0 Å². The Kier molecular flexibility index (Phi) is 1.74. The van der Waals surface area contributed by atoms with Crippen LogP contribution >= 0.6 is 0 Å². The highest BCUT2D eigenvalue weighted by Gasteiger charge is 2.40. The van der Waals surface area contributed by atoms with Crippen LogP contribution in [0, 0.1) is 6.92 Å². The zero-order valence-electron chi connectivity index (χ0n) is 8.97. The first-order valence-electron chi connectivity index (χ1n) is 5.90. The van der Waals surface area contributed by atoms with Gasteiger partial charge in [0.1, 0.15) is 0 Å². The van der Waals surface area contributed by atoms with E-state index in [0.29, 0.717) is 5.41 Å². The van der Waals surface area contributed by atoms with E-state index in [4.69, 9.17) is 0 Å². The molecule has 0 bridgehead atoms. The first-order chi connectivity index (χ1) is 6.80. The van der Waals surface area contributed by atoms with Crippen LogP contribution in [-0.4, -0.2) is 0 Å². The molecular weight excluding hydrogens is 168 g/mol. The lowest BCUT2D eigenvalue weighted by atomic mass is 9.80. The summed E-state index contributed by atoms with van der Waals surface area (Å²) in [6.07, 6.45) is 8.55. The second-order valence-electron chi connectivity index (χ2n) is 5.15. The molecule has 0 N–H and O–H groups in total. The Bertz CT molecular complexity index is 356. The molecule has 0 nitrogen and oxygen atoms in total. The molecule has 2 aliphatic carbocycles. The van der Waals surface area contributed by atoms with E-state index in [1.165, 1.54) is 44.1 Å². The summed E-state index contributed by atoms with van der Waals surface area (Å²) < 4.78 is 0. The lowest BCUT2D eigenvalue weighted by Crippen LogP contribution is -2.17. The highest BCUT2D eigenvalue weighted by atomic mass is 14.4. The van der Waals surface area contributed by atoms with Gasteiger partial charge in [0.05, 0.1) is 0 Å². The second-order valence-corrected chi connectivity index (χ2v) is 5.15. The van der Waals surface area contributed by atoms with Gasteiger partial charge >= 0.3 is 0 Å². The first-order valence-corrected chi connectivity index (χ1v) is 5.90. The summed E-state index contributed by atoms with van der Waals surface area (Å²) in [6.45, 7) is 2.21. The van der Waals surface area contributed by atoms with Crippen molar-refractivity contribution in [2.75, 3.05) is 0 Å². The van der Waals surface area contributed by atoms with Crippen LogP contribution in [0.1, 0.15) is 48.8 Å². The highest BCUT2D eigenvalue weighted by Crippen LogP contribution is 2.50. The van der Waals surface area contributed by atoms with Crippen LogP contribution in [-0.2, 0) is 11.8 Å². The van der Waals surface area contributed by atoms with Gasteiger partial charge in [0.15, 0.2) is 0 Å². The lowest BCUT2D eigenvalue weighted by Gasteiger charge is -2.24. The SMILES string of the molecule is Cc1ccc2c(c1)CCC21CCCC1. The van der Waals surface area contributed by atoms with Gasteiger partial charge in [-0.15, -0.1) is 0 Å². The number of rotatable bonds is 0. The highest BCUT2D eigenvalue weighted by molar-refractivity contribution is 5.42. The largest absolute Gasteiger partial charge is 0.0590 e. The van der Waals surface area contributed by atoms with E-state index in [2.05, 4.69) is 25.1 Å². The van der Waals surface area contributed by atoms with E-state index in [1.807, 2.05) is 0 Å². The summed E-state index contributed by atoms with van der Waals surface area (Å²) in [7, 11) is 0. The van der Waals surface area contributed by atoms with Gasteiger partial charge in [-0.25, -0.2) is 0 Å². The third-order valence-electron chi connectivity index (χ3n) is 4.27. The molecule has 1 fully saturated rings. The van der Waals surface area contributed by atoms with Gasteiger partial charge in [-0.05, 0) is 49.1 Å². The zero-order valence-corrected chi connectivity index (χ0v) is 8.97. The Morgan fingerprint density at radius 2 is 1.86 bits per heavy atom. The van der Waals surface area contributed by atoms with Crippen LogP contribution in [0.5, 0.6) is 0 Å². The summed E-state index contributed by atoms with van der Waals surface area (Å²) in [5, 5.41) is 0. The Morgan fingerprint density at radius 3 is 2.64 bits per heavy atom. The molecule has 3 rings (SSSR count). The van der Waals surface area contributed by atoms with E-state index in [0.717, 1.165) is 0 Å². The Balaban J connectivity index is 2.09. The topological polar surface area (TPSA) is 0 Å². The van der Waals surface area contributed by atoms with Gasteiger partial charge < -0.3 is 0 Å². The van der Waals surface area contributed by atoms with Gasteiger partial charge in [0.2, 0.25) is 0 Å². The van der Waals surface area contributed by atoms with Crippen molar-refractivity contribution in [2.24, 2.45) is 0 Å². The summed E-state index contributed by atoms with van der Waals surface area (Å²) in [5.74, 6) is 0. The molecule has 0 amide bonds. The van der Waals surface area contributed by atoms with Crippen molar-refractivity contribution in [1.82, 2.24) is 0 Å². The molecule has 0 aliphatic heterocycles. The van der Waals surface area contributed by atoms with Crippen molar-refractivity contribution in [3.05, 3.63) is 34.9 Å². The van der Waals surface area contributed by atoms with E-state index in [-0.39, 0.29) is 0 Å². The van der Waals surface area contributed by atoms with E-state index >= 15 is 0 Å². The number of fused-ring (bicyclic) bond motifs is 2. The summed E-state index contributed by atoms with van der Waals surface area (Å²) in [6, 6.07) is 7.11. The average Bonchev–Trinajstić information content (AvgIpc) is 2.77. The van der Waals surface area contributed by atoms with Crippen LogP contribution in [0.3, 0.4) is 0 Å².